The number of halogens is 1. The summed E-state index contributed by atoms with van der Waals surface area (Å²) in [5.74, 6) is 1.81. The van der Waals surface area contributed by atoms with Gasteiger partial charge in [0.1, 0.15) is 11.5 Å². The molecular formula is C17H22BrNO2. The van der Waals surface area contributed by atoms with Gasteiger partial charge in [0.15, 0.2) is 4.67 Å². The van der Waals surface area contributed by atoms with Crippen molar-refractivity contribution < 1.29 is 9.15 Å². The summed E-state index contributed by atoms with van der Waals surface area (Å²) in [5, 5.41) is 3.54. The van der Waals surface area contributed by atoms with E-state index in [0.29, 0.717) is 0 Å². The summed E-state index contributed by atoms with van der Waals surface area (Å²) in [6.45, 7) is 5.91. The second kappa shape index (κ2) is 8.25. The largest absolute Gasteiger partial charge is 0.493 e. The molecule has 1 aromatic carbocycles. The van der Waals surface area contributed by atoms with E-state index < -0.39 is 0 Å². The van der Waals surface area contributed by atoms with Crippen molar-refractivity contribution in [3.8, 4) is 5.75 Å². The van der Waals surface area contributed by atoms with Gasteiger partial charge >= 0.3 is 0 Å². The summed E-state index contributed by atoms with van der Waals surface area (Å²) in [6.07, 6.45) is 2.06. The molecule has 2 aromatic rings. The van der Waals surface area contributed by atoms with Gasteiger partial charge < -0.3 is 14.5 Å². The van der Waals surface area contributed by atoms with E-state index in [1.54, 1.807) is 0 Å². The molecule has 0 fully saturated rings. The van der Waals surface area contributed by atoms with Gasteiger partial charge in [-0.15, -0.1) is 0 Å². The molecule has 21 heavy (non-hydrogen) atoms. The summed E-state index contributed by atoms with van der Waals surface area (Å²) in [4.78, 5) is 0. The topological polar surface area (TPSA) is 34.4 Å². The SMILES string of the molecule is CCCNC(c1ccc(Br)o1)c1ccccc1OCCC. The Hall–Kier alpha value is -1.26. The summed E-state index contributed by atoms with van der Waals surface area (Å²) in [5.41, 5.74) is 1.11. The number of ether oxygens (including phenoxy) is 1. The van der Waals surface area contributed by atoms with Crippen LogP contribution in [-0.4, -0.2) is 13.2 Å². The zero-order valence-electron chi connectivity index (χ0n) is 12.6. The van der Waals surface area contributed by atoms with Crippen molar-refractivity contribution in [2.45, 2.75) is 32.7 Å². The Morgan fingerprint density at radius 3 is 2.62 bits per heavy atom. The molecular weight excluding hydrogens is 330 g/mol. The monoisotopic (exact) mass is 351 g/mol. The van der Waals surface area contributed by atoms with Crippen LogP contribution in [0.4, 0.5) is 0 Å². The fraction of sp³-hybridized carbons (Fsp3) is 0.412. The lowest BCUT2D eigenvalue weighted by molar-refractivity contribution is 0.309. The van der Waals surface area contributed by atoms with E-state index in [1.807, 2.05) is 30.3 Å². The van der Waals surface area contributed by atoms with E-state index in [1.165, 1.54) is 0 Å². The zero-order chi connectivity index (χ0) is 15.1. The van der Waals surface area contributed by atoms with Crippen molar-refractivity contribution >= 4 is 15.9 Å². The number of para-hydroxylation sites is 1. The van der Waals surface area contributed by atoms with E-state index in [-0.39, 0.29) is 6.04 Å². The first-order valence-corrected chi connectivity index (χ1v) is 8.25. The molecule has 0 spiro atoms. The van der Waals surface area contributed by atoms with Gasteiger partial charge in [-0.1, -0.05) is 32.0 Å². The van der Waals surface area contributed by atoms with Gasteiger partial charge in [0, 0.05) is 5.56 Å². The minimum atomic E-state index is 0.00399. The second-order valence-electron chi connectivity index (χ2n) is 4.92. The third kappa shape index (κ3) is 4.35. The van der Waals surface area contributed by atoms with Crippen molar-refractivity contribution in [3.63, 3.8) is 0 Å². The first-order chi connectivity index (χ1) is 10.3. The number of rotatable bonds is 8. The maximum absolute atomic E-state index is 5.88. The molecule has 1 unspecified atom stereocenters. The Morgan fingerprint density at radius 2 is 1.95 bits per heavy atom. The molecule has 3 nitrogen and oxygen atoms in total. The maximum Gasteiger partial charge on any atom is 0.169 e. The van der Waals surface area contributed by atoms with E-state index >= 15 is 0 Å². The van der Waals surface area contributed by atoms with E-state index in [4.69, 9.17) is 9.15 Å². The molecule has 2 rings (SSSR count). The maximum atomic E-state index is 5.88. The lowest BCUT2D eigenvalue weighted by Gasteiger charge is -2.20. The van der Waals surface area contributed by atoms with E-state index in [9.17, 15) is 0 Å². The molecule has 0 radical (unpaired) electrons. The molecule has 0 saturated heterocycles. The second-order valence-corrected chi connectivity index (χ2v) is 5.70. The van der Waals surface area contributed by atoms with Crippen LogP contribution in [0.1, 0.15) is 44.1 Å². The molecule has 0 aliphatic rings. The molecule has 4 heteroatoms. The average molecular weight is 352 g/mol. The molecule has 0 amide bonds. The van der Waals surface area contributed by atoms with Crippen LogP contribution in [0.15, 0.2) is 45.5 Å². The van der Waals surface area contributed by atoms with Crippen LogP contribution in [0.5, 0.6) is 5.75 Å². The number of nitrogens with one attached hydrogen (secondary N) is 1. The molecule has 0 saturated carbocycles. The minimum Gasteiger partial charge on any atom is -0.493 e. The molecule has 1 N–H and O–H groups in total. The van der Waals surface area contributed by atoms with Gasteiger partial charge in [-0.2, -0.15) is 0 Å². The standard InChI is InChI=1S/C17H22BrNO2/c1-3-11-19-17(15-9-10-16(18)21-15)13-7-5-6-8-14(13)20-12-4-2/h5-10,17,19H,3-4,11-12H2,1-2H3. The van der Waals surface area contributed by atoms with Crippen LogP contribution in [0.3, 0.4) is 0 Å². The summed E-state index contributed by atoms with van der Waals surface area (Å²) < 4.78 is 12.4. The van der Waals surface area contributed by atoms with Gasteiger partial charge in [0.05, 0.1) is 12.6 Å². The van der Waals surface area contributed by atoms with Crippen molar-refractivity contribution in [2.24, 2.45) is 0 Å². The smallest absolute Gasteiger partial charge is 0.169 e. The van der Waals surface area contributed by atoms with Crippen LogP contribution in [-0.2, 0) is 0 Å². The summed E-state index contributed by atoms with van der Waals surface area (Å²) >= 11 is 3.38. The van der Waals surface area contributed by atoms with Gasteiger partial charge in [0.2, 0.25) is 0 Å². The summed E-state index contributed by atoms with van der Waals surface area (Å²) in [7, 11) is 0. The third-order valence-electron chi connectivity index (χ3n) is 3.17. The molecule has 1 heterocycles. The fourth-order valence-electron chi connectivity index (χ4n) is 2.20. The van der Waals surface area contributed by atoms with Crippen molar-refractivity contribution in [1.82, 2.24) is 5.32 Å². The van der Waals surface area contributed by atoms with Gasteiger partial charge in [0.25, 0.3) is 0 Å². The van der Waals surface area contributed by atoms with Crippen LogP contribution < -0.4 is 10.1 Å². The fourth-order valence-corrected chi connectivity index (χ4v) is 2.52. The highest BCUT2D eigenvalue weighted by atomic mass is 79.9. The highest BCUT2D eigenvalue weighted by Gasteiger charge is 2.20. The Balaban J connectivity index is 2.31. The van der Waals surface area contributed by atoms with Gasteiger partial charge in [-0.05, 0) is 53.5 Å². The van der Waals surface area contributed by atoms with Crippen molar-refractivity contribution in [2.75, 3.05) is 13.2 Å². The summed E-state index contributed by atoms with van der Waals surface area (Å²) in [6, 6.07) is 12.1. The van der Waals surface area contributed by atoms with Crippen LogP contribution >= 0.6 is 15.9 Å². The predicted octanol–water partition coefficient (Wildman–Crippen LogP) is 4.92. The Labute approximate surface area is 134 Å². The van der Waals surface area contributed by atoms with E-state index in [0.717, 1.165) is 47.7 Å². The lowest BCUT2D eigenvalue weighted by atomic mass is 10.0. The van der Waals surface area contributed by atoms with Crippen molar-refractivity contribution in [1.29, 1.82) is 0 Å². The number of benzene rings is 1. The normalized spacial score (nSPS) is 12.3. The highest BCUT2D eigenvalue weighted by molar-refractivity contribution is 9.10. The Bertz CT molecular complexity index is 553. The van der Waals surface area contributed by atoms with E-state index in [2.05, 4.69) is 41.2 Å². The first-order valence-electron chi connectivity index (χ1n) is 7.46. The molecule has 1 atom stereocenters. The van der Waals surface area contributed by atoms with Gasteiger partial charge in [-0.25, -0.2) is 0 Å². The quantitative estimate of drug-likeness (QED) is 0.732. The van der Waals surface area contributed by atoms with Crippen LogP contribution in [0, 0.1) is 0 Å². The third-order valence-corrected chi connectivity index (χ3v) is 3.59. The van der Waals surface area contributed by atoms with Crippen LogP contribution in [0.2, 0.25) is 0 Å². The lowest BCUT2D eigenvalue weighted by Crippen LogP contribution is -2.23. The van der Waals surface area contributed by atoms with Crippen molar-refractivity contribution in [3.05, 3.63) is 52.4 Å². The number of hydrogen-bond acceptors (Lipinski definition) is 3. The Morgan fingerprint density at radius 1 is 1.14 bits per heavy atom. The highest BCUT2D eigenvalue weighted by Crippen LogP contribution is 2.32. The number of hydrogen-bond donors (Lipinski definition) is 1. The van der Waals surface area contributed by atoms with Gasteiger partial charge in [-0.3, -0.25) is 0 Å². The zero-order valence-corrected chi connectivity index (χ0v) is 14.2. The number of furan rings is 1. The molecule has 0 aliphatic carbocycles. The average Bonchev–Trinajstić information content (AvgIpc) is 2.93. The molecule has 0 bridgehead atoms. The Kier molecular flexibility index (Phi) is 6.33. The van der Waals surface area contributed by atoms with Crippen LogP contribution in [0.25, 0.3) is 0 Å². The first kappa shape index (κ1) is 16.1. The molecule has 1 aromatic heterocycles. The minimum absolute atomic E-state index is 0.00399. The molecule has 114 valence electrons. The predicted molar refractivity (Wildman–Crippen MR) is 88.8 cm³/mol. The molecule has 0 aliphatic heterocycles.